The van der Waals surface area contributed by atoms with Crippen LogP contribution in [0.5, 0.6) is 0 Å². The van der Waals surface area contributed by atoms with Gasteiger partial charge in [0, 0.05) is 25.0 Å². The average molecular weight is 222 g/mol. The number of carbonyl (C=O) groups is 2. The van der Waals surface area contributed by atoms with Gasteiger partial charge in [-0.25, -0.2) is 4.79 Å². The van der Waals surface area contributed by atoms with Crippen LogP contribution in [0.1, 0.15) is 12.0 Å². The molecule has 3 amide bonds. The molecular formula is C10H14N4O2. The zero-order valence-corrected chi connectivity index (χ0v) is 8.99. The summed E-state index contributed by atoms with van der Waals surface area (Å²) in [7, 11) is 1.86. The minimum atomic E-state index is -1.01. The van der Waals surface area contributed by atoms with Crippen molar-refractivity contribution in [1.29, 1.82) is 0 Å². The van der Waals surface area contributed by atoms with Crippen molar-refractivity contribution in [3.8, 4) is 0 Å². The molecule has 1 fully saturated rings. The molecule has 0 aromatic carbocycles. The van der Waals surface area contributed by atoms with E-state index in [0.717, 1.165) is 5.56 Å². The molecular weight excluding hydrogens is 208 g/mol. The Bertz CT molecular complexity index is 440. The summed E-state index contributed by atoms with van der Waals surface area (Å²) < 4.78 is 1.82. The van der Waals surface area contributed by atoms with Crippen LogP contribution in [-0.2, 0) is 17.4 Å². The van der Waals surface area contributed by atoms with Crippen LogP contribution < -0.4 is 16.4 Å². The summed E-state index contributed by atoms with van der Waals surface area (Å²) in [6.45, 7) is 0.322. The Labute approximate surface area is 92.8 Å². The largest absolute Gasteiger partial charge is 0.357 e. The van der Waals surface area contributed by atoms with E-state index in [2.05, 4.69) is 10.6 Å². The molecule has 0 radical (unpaired) electrons. The molecule has 86 valence electrons. The van der Waals surface area contributed by atoms with Gasteiger partial charge in [-0.1, -0.05) is 0 Å². The van der Waals surface area contributed by atoms with E-state index in [1.807, 2.05) is 17.8 Å². The van der Waals surface area contributed by atoms with Crippen LogP contribution in [0.25, 0.3) is 0 Å². The van der Waals surface area contributed by atoms with Gasteiger partial charge in [-0.05, 0) is 19.0 Å². The molecule has 0 bridgehead atoms. The van der Waals surface area contributed by atoms with E-state index in [4.69, 9.17) is 5.73 Å². The topological polar surface area (TPSA) is 89.2 Å². The molecule has 4 N–H and O–H groups in total. The van der Waals surface area contributed by atoms with Crippen molar-refractivity contribution < 1.29 is 9.59 Å². The van der Waals surface area contributed by atoms with Gasteiger partial charge in [0.25, 0.3) is 5.91 Å². The van der Waals surface area contributed by atoms with Gasteiger partial charge in [0.15, 0.2) is 0 Å². The van der Waals surface area contributed by atoms with Gasteiger partial charge in [0.05, 0.1) is 0 Å². The smallest absolute Gasteiger partial charge is 0.322 e. The van der Waals surface area contributed by atoms with E-state index in [1.54, 1.807) is 12.3 Å². The Morgan fingerprint density at radius 1 is 1.50 bits per heavy atom. The first-order valence-corrected chi connectivity index (χ1v) is 5.04. The summed E-state index contributed by atoms with van der Waals surface area (Å²) >= 11 is 0. The fourth-order valence-electron chi connectivity index (χ4n) is 1.99. The highest BCUT2D eigenvalue weighted by molar-refractivity contribution is 6.07. The Kier molecular flexibility index (Phi) is 2.43. The van der Waals surface area contributed by atoms with Crippen molar-refractivity contribution in [1.82, 2.24) is 15.2 Å². The van der Waals surface area contributed by atoms with Crippen LogP contribution in [0.15, 0.2) is 18.5 Å². The summed E-state index contributed by atoms with van der Waals surface area (Å²) in [6, 6.07) is 1.34. The number of hydrogen-bond acceptors (Lipinski definition) is 3. The van der Waals surface area contributed by atoms with Crippen LogP contribution in [-0.4, -0.2) is 23.1 Å². The number of aromatic nitrogens is 1. The van der Waals surface area contributed by atoms with Crippen molar-refractivity contribution in [2.24, 2.45) is 12.8 Å². The van der Waals surface area contributed by atoms with E-state index >= 15 is 0 Å². The first kappa shape index (κ1) is 10.7. The SMILES string of the molecule is Cn1ccc(C2(CCN)NC(=O)NC2=O)c1. The summed E-state index contributed by atoms with van der Waals surface area (Å²) in [4.78, 5) is 23.1. The number of imide groups is 1. The second kappa shape index (κ2) is 3.64. The lowest BCUT2D eigenvalue weighted by molar-refractivity contribution is -0.124. The molecule has 6 nitrogen and oxygen atoms in total. The summed E-state index contributed by atoms with van der Waals surface area (Å²) in [5.41, 5.74) is 5.25. The number of carbonyl (C=O) groups excluding carboxylic acids is 2. The zero-order chi connectivity index (χ0) is 11.8. The van der Waals surface area contributed by atoms with Crippen molar-refractivity contribution in [2.45, 2.75) is 12.0 Å². The molecule has 1 aliphatic heterocycles. The number of rotatable bonds is 3. The summed E-state index contributed by atoms with van der Waals surface area (Å²) in [5.74, 6) is -0.339. The molecule has 1 aromatic rings. The van der Waals surface area contributed by atoms with Crippen LogP contribution in [0.4, 0.5) is 4.79 Å². The van der Waals surface area contributed by atoms with E-state index in [-0.39, 0.29) is 5.91 Å². The van der Waals surface area contributed by atoms with Gasteiger partial charge in [-0.2, -0.15) is 0 Å². The molecule has 1 unspecified atom stereocenters. The molecule has 2 rings (SSSR count). The molecule has 1 aliphatic rings. The molecule has 6 heteroatoms. The van der Waals surface area contributed by atoms with Gasteiger partial charge in [0.2, 0.25) is 0 Å². The Hall–Kier alpha value is -1.82. The number of nitrogens with one attached hydrogen (secondary N) is 2. The second-order valence-corrected chi connectivity index (χ2v) is 3.92. The highest BCUT2D eigenvalue weighted by Crippen LogP contribution is 2.28. The maximum atomic E-state index is 11.8. The maximum Gasteiger partial charge on any atom is 0.322 e. The molecule has 1 atom stereocenters. The van der Waals surface area contributed by atoms with Gasteiger partial charge in [-0.3, -0.25) is 10.1 Å². The van der Waals surface area contributed by atoms with Gasteiger partial charge >= 0.3 is 6.03 Å². The van der Waals surface area contributed by atoms with Crippen LogP contribution in [0.2, 0.25) is 0 Å². The Balaban J connectivity index is 2.43. The first-order chi connectivity index (χ1) is 7.58. The third kappa shape index (κ3) is 1.47. The normalized spacial score (nSPS) is 24.4. The standard InChI is InChI=1S/C10H14N4O2/c1-14-5-2-7(6-14)10(3-4-11)8(15)12-9(16)13-10/h2,5-6H,3-4,11H2,1H3,(H2,12,13,15,16). The third-order valence-electron chi connectivity index (χ3n) is 2.79. The highest BCUT2D eigenvalue weighted by Gasteiger charge is 2.47. The molecule has 16 heavy (non-hydrogen) atoms. The Morgan fingerprint density at radius 2 is 2.25 bits per heavy atom. The minimum absolute atomic E-state index is 0.322. The monoisotopic (exact) mass is 222 g/mol. The lowest BCUT2D eigenvalue weighted by Gasteiger charge is -2.24. The van der Waals surface area contributed by atoms with E-state index in [9.17, 15) is 9.59 Å². The predicted molar refractivity (Wildman–Crippen MR) is 57.4 cm³/mol. The number of nitrogens with zero attached hydrogens (tertiary/aromatic N) is 1. The number of urea groups is 1. The Morgan fingerprint density at radius 3 is 2.69 bits per heavy atom. The summed E-state index contributed by atoms with van der Waals surface area (Å²) in [6.07, 6.45) is 4.01. The predicted octanol–water partition coefficient (Wildman–Crippen LogP) is -0.591. The fourth-order valence-corrected chi connectivity index (χ4v) is 1.99. The zero-order valence-electron chi connectivity index (χ0n) is 8.99. The van der Waals surface area contributed by atoms with Gasteiger partial charge in [0.1, 0.15) is 5.54 Å². The lowest BCUT2D eigenvalue weighted by Crippen LogP contribution is -2.45. The molecule has 2 heterocycles. The first-order valence-electron chi connectivity index (χ1n) is 5.04. The van der Waals surface area contributed by atoms with Crippen LogP contribution in [0, 0.1) is 0 Å². The van der Waals surface area contributed by atoms with Crippen LogP contribution >= 0.6 is 0 Å². The average Bonchev–Trinajstić information content (AvgIpc) is 2.73. The van der Waals surface area contributed by atoms with Gasteiger partial charge in [-0.15, -0.1) is 0 Å². The number of nitrogens with two attached hydrogens (primary N) is 1. The molecule has 0 saturated carbocycles. The van der Waals surface area contributed by atoms with Crippen LogP contribution in [0.3, 0.4) is 0 Å². The van der Waals surface area contributed by atoms with Crippen molar-refractivity contribution in [3.05, 3.63) is 24.0 Å². The minimum Gasteiger partial charge on any atom is -0.357 e. The van der Waals surface area contributed by atoms with E-state index in [0.29, 0.717) is 13.0 Å². The number of hydrogen-bond donors (Lipinski definition) is 3. The number of amides is 3. The highest BCUT2D eigenvalue weighted by atomic mass is 16.2. The third-order valence-corrected chi connectivity index (χ3v) is 2.79. The van der Waals surface area contributed by atoms with Crippen molar-refractivity contribution in [3.63, 3.8) is 0 Å². The maximum absolute atomic E-state index is 11.8. The van der Waals surface area contributed by atoms with Gasteiger partial charge < -0.3 is 15.6 Å². The lowest BCUT2D eigenvalue weighted by atomic mass is 9.89. The molecule has 1 saturated heterocycles. The number of aryl methyl sites for hydroxylation is 1. The second-order valence-electron chi connectivity index (χ2n) is 3.92. The quantitative estimate of drug-likeness (QED) is 0.597. The van der Waals surface area contributed by atoms with Crippen molar-refractivity contribution in [2.75, 3.05) is 6.54 Å². The van der Waals surface area contributed by atoms with E-state index < -0.39 is 11.6 Å². The molecule has 0 spiro atoms. The van der Waals surface area contributed by atoms with E-state index in [1.165, 1.54) is 0 Å². The fraction of sp³-hybridized carbons (Fsp3) is 0.400. The summed E-state index contributed by atoms with van der Waals surface area (Å²) in [5, 5.41) is 4.90. The molecule has 1 aromatic heterocycles. The van der Waals surface area contributed by atoms with Crippen molar-refractivity contribution >= 4 is 11.9 Å². The molecule has 0 aliphatic carbocycles.